The molecule has 94 valence electrons. The number of nitro groups is 1. The third-order valence-electron chi connectivity index (χ3n) is 2.36. The third kappa shape index (κ3) is 2.69. The van der Waals surface area contributed by atoms with Crippen LogP contribution in [0.2, 0.25) is 0 Å². The lowest BCUT2D eigenvalue weighted by molar-refractivity contribution is -0.385. The minimum atomic E-state index is -0.444. The van der Waals surface area contributed by atoms with E-state index in [2.05, 4.69) is 10.2 Å². The highest BCUT2D eigenvalue weighted by Gasteiger charge is 2.15. The van der Waals surface area contributed by atoms with Crippen molar-refractivity contribution in [1.82, 2.24) is 10.2 Å². The Labute approximate surface area is 102 Å². The molecule has 0 unspecified atom stereocenters. The Bertz CT molecular complexity index is 553. The van der Waals surface area contributed by atoms with E-state index in [1.807, 2.05) is 0 Å². The van der Waals surface area contributed by atoms with E-state index in [4.69, 9.17) is 9.52 Å². The molecule has 1 aromatic carbocycles. The molecule has 0 fully saturated rings. The van der Waals surface area contributed by atoms with Crippen LogP contribution in [0.25, 0.3) is 0 Å². The topological polar surface area (TPSA) is 102 Å². The van der Waals surface area contributed by atoms with Crippen LogP contribution in [0.3, 0.4) is 0 Å². The number of aliphatic hydroxyl groups is 1. The van der Waals surface area contributed by atoms with Crippen LogP contribution in [-0.4, -0.2) is 26.8 Å². The molecule has 0 radical (unpaired) electrons. The fourth-order valence-corrected chi connectivity index (χ4v) is 1.56. The van der Waals surface area contributed by atoms with Crippen LogP contribution in [0.1, 0.15) is 17.3 Å². The molecule has 0 amide bonds. The fraction of sp³-hybridized carbons (Fsp3) is 0.273. The van der Waals surface area contributed by atoms with Gasteiger partial charge in [0.05, 0.1) is 18.0 Å². The molecule has 0 aliphatic heterocycles. The number of para-hydroxylation sites is 1. The van der Waals surface area contributed by atoms with Crippen LogP contribution in [0.4, 0.5) is 5.69 Å². The van der Waals surface area contributed by atoms with Gasteiger partial charge in [-0.1, -0.05) is 18.2 Å². The van der Waals surface area contributed by atoms with Gasteiger partial charge in [-0.05, 0) is 0 Å². The molecule has 2 aromatic rings. The molecular weight excluding hydrogens is 238 g/mol. The van der Waals surface area contributed by atoms with Gasteiger partial charge in [0.25, 0.3) is 5.69 Å². The number of benzene rings is 1. The molecule has 0 saturated heterocycles. The summed E-state index contributed by atoms with van der Waals surface area (Å²) in [4.78, 5) is 10.4. The van der Waals surface area contributed by atoms with Crippen LogP contribution in [0, 0.1) is 10.1 Å². The zero-order valence-corrected chi connectivity index (χ0v) is 9.44. The second kappa shape index (κ2) is 5.37. The van der Waals surface area contributed by atoms with Gasteiger partial charge >= 0.3 is 0 Å². The SMILES string of the molecule is O=[N+]([O-])c1ccccc1Cc1nnc(CCO)o1. The fourth-order valence-electron chi connectivity index (χ4n) is 1.56. The third-order valence-corrected chi connectivity index (χ3v) is 2.36. The van der Waals surface area contributed by atoms with E-state index >= 15 is 0 Å². The molecule has 1 N–H and O–H groups in total. The maximum atomic E-state index is 10.8. The van der Waals surface area contributed by atoms with Crippen LogP contribution in [0.5, 0.6) is 0 Å². The zero-order chi connectivity index (χ0) is 13.0. The highest BCUT2D eigenvalue weighted by Crippen LogP contribution is 2.20. The average Bonchev–Trinajstić information content (AvgIpc) is 2.77. The summed E-state index contributed by atoms with van der Waals surface area (Å²) < 4.78 is 5.26. The minimum Gasteiger partial charge on any atom is -0.425 e. The molecule has 0 spiro atoms. The predicted molar refractivity (Wildman–Crippen MR) is 61.0 cm³/mol. The van der Waals surface area contributed by atoms with Crippen molar-refractivity contribution in [3.05, 3.63) is 51.7 Å². The number of rotatable bonds is 5. The van der Waals surface area contributed by atoms with Crippen LogP contribution in [-0.2, 0) is 12.8 Å². The summed E-state index contributed by atoms with van der Waals surface area (Å²) in [6, 6.07) is 6.40. The van der Waals surface area contributed by atoms with Crippen molar-refractivity contribution in [2.45, 2.75) is 12.8 Å². The molecule has 0 bridgehead atoms. The van der Waals surface area contributed by atoms with Crippen molar-refractivity contribution in [2.24, 2.45) is 0 Å². The molecule has 7 nitrogen and oxygen atoms in total. The number of nitro benzene ring substituents is 1. The van der Waals surface area contributed by atoms with E-state index in [0.29, 0.717) is 17.3 Å². The largest absolute Gasteiger partial charge is 0.425 e. The number of hydrogen-bond acceptors (Lipinski definition) is 6. The Hall–Kier alpha value is -2.28. The summed E-state index contributed by atoms with van der Waals surface area (Å²) in [7, 11) is 0. The summed E-state index contributed by atoms with van der Waals surface area (Å²) in [5.74, 6) is 0.624. The molecule has 1 aromatic heterocycles. The van der Waals surface area contributed by atoms with Crippen molar-refractivity contribution in [3.8, 4) is 0 Å². The summed E-state index contributed by atoms with van der Waals surface area (Å²) in [5, 5.41) is 27.1. The van der Waals surface area contributed by atoms with E-state index in [0.717, 1.165) is 0 Å². The van der Waals surface area contributed by atoms with Gasteiger partial charge in [-0.15, -0.1) is 10.2 Å². The molecule has 18 heavy (non-hydrogen) atoms. The van der Waals surface area contributed by atoms with E-state index < -0.39 is 4.92 Å². The summed E-state index contributed by atoms with van der Waals surface area (Å²) in [5.41, 5.74) is 0.543. The van der Waals surface area contributed by atoms with Crippen molar-refractivity contribution in [1.29, 1.82) is 0 Å². The van der Waals surface area contributed by atoms with Gasteiger partial charge in [0, 0.05) is 18.1 Å². The van der Waals surface area contributed by atoms with E-state index in [9.17, 15) is 10.1 Å². The Kier molecular flexibility index (Phi) is 3.63. The molecule has 0 atom stereocenters. The normalized spacial score (nSPS) is 10.5. The molecule has 0 aliphatic rings. The highest BCUT2D eigenvalue weighted by atomic mass is 16.6. The first-order valence-corrected chi connectivity index (χ1v) is 5.35. The first-order valence-electron chi connectivity index (χ1n) is 5.35. The van der Waals surface area contributed by atoms with Gasteiger partial charge in [-0.2, -0.15) is 0 Å². The summed E-state index contributed by atoms with van der Waals surface area (Å²) >= 11 is 0. The van der Waals surface area contributed by atoms with Crippen molar-refractivity contribution in [3.63, 3.8) is 0 Å². The lowest BCUT2D eigenvalue weighted by Gasteiger charge is -1.98. The first kappa shape index (κ1) is 12.2. The summed E-state index contributed by atoms with van der Waals surface area (Å²) in [6.45, 7) is -0.0763. The second-order valence-corrected chi connectivity index (χ2v) is 3.63. The van der Waals surface area contributed by atoms with Crippen molar-refractivity contribution < 1.29 is 14.4 Å². The summed E-state index contributed by atoms with van der Waals surface area (Å²) in [6.07, 6.45) is 0.486. The standard InChI is InChI=1S/C11H11N3O4/c15-6-5-10-12-13-11(18-10)7-8-3-1-2-4-9(8)14(16)17/h1-4,15H,5-7H2. The molecular formula is C11H11N3O4. The molecule has 7 heteroatoms. The quantitative estimate of drug-likeness (QED) is 0.628. The van der Waals surface area contributed by atoms with Gasteiger partial charge in [-0.25, -0.2) is 0 Å². The maximum Gasteiger partial charge on any atom is 0.273 e. The Balaban J connectivity index is 2.20. The van der Waals surface area contributed by atoms with Crippen LogP contribution < -0.4 is 0 Å². The number of hydrogen-bond donors (Lipinski definition) is 1. The second-order valence-electron chi connectivity index (χ2n) is 3.63. The Morgan fingerprint density at radius 1 is 1.28 bits per heavy atom. The molecule has 1 heterocycles. The smallest absolute Gasteiger partial charge is 0.273 e. The number of aliphatic hydroxyl groups excluding tert-OH is 1. The van der Waals surface area contributed by atoms with Gasteiger partial charge in [0.15, 0.2) is 0 Å². The number of nitrogens with zero attached hydrogens (tertiary/aromatic N) is 3. The van der Waals surface area contributed by atoms with E-state index in [1.54, 1.807) is 18.2 Å². The van der Waals surface area contributed by atoms with E-state index in [-0.39, 0.29) is 25.1 Å². The average molecular weight is 249 g/mol. The molecule has 2 rings (SSSR count). The molecule has 0 saturated carbocycles. The van der Waals surface area contributed by atoms with Crippen molar-refractivity contribution in [2.75, 3.05) is 6.61 Å². The lowest BCUT2D eigenvalue weighted by Crippen LogP contribution is -1.96. The van der Waals surface area contributed by atoms with Gasteiger partial charge in [0.2, 0.25) is 11.8 Å². The van der Waals surface area contributed by atoms with Gasteiger partial charge in [0.1, 0.15) is 0 Å². The van der Waals surface area contributed by atoms with Gasteiger partial charge in [-0.3, -0.25) is 10.1 Å². The predicted octanol–water partition coefficient (Wildman–Crippen LogP) is 1.10. The minimum absolute atomic E-state index is 0.0272. The monoisotopic (exact) mass is 249 g/mol. The van der Waals surface area contributed by atoms with Crippen LogP contribution >= 0.6 is 0 Å². The van der Waals surface area contributed by atoms with Crippen molar-refractivity contribution >= 4 is 5.69 Å². The number of aromatic nitrogens is 2. The molecule has 0 aliphatic carbocycles. The highest BCUT2D eigenvalue weighted by molar-refractivity contribution is 5.41. The van der Waals surface area contributed by atoms with Gasteiger partial charge < -0.3 is 9.52 Å². The first-order chi connectivity index (χ1) is 8.70. The Morgan fingerprint density at radius 2 is 2.00 bits per heavy atom. The Morgan fingerprint density at radius 3 is 2.72 bits per heavy atom. The van der Waals surface area contributed by atoms with E-state index in [1.165, 1.54) is 6.07 Å². The lowest BCUT2D eigenvalue weighted by atomic mass is 10.1. The van der Waals surface area contributed by atoms with Crippen LogP contribution in [0.15, 0.2) is 28.7 Å². The zero-order valence-electron chi connectivity index (χ0n) is 9.44. The maximum absolute atomic E-state index is 10.8.